The second-order valence-corrected chi connectivity index (χ2v) is 9.74. The maximum atomic E-state index is 6.35. The van der Waals surface area contributed by atoms with Crippen LogP contribution in [0.25, 0.3) is 43.3 Å². The number of para-hydroxylation sites is 1. The molecule has 2 aromatic carbocycles. The third-order valence-electron chi connectivity index (χ3n) is 5.30. The van der Waals surface area contributed by atoms with E-state index in [0.29, 0.717) is 0 Å². The maximum absolute atomic E-state index is 6.35. The molecule has 0 spiro atoms. The topological polar surface area (TPSA) is 26.0 Å². The zero-order valence-electron chi connectivity index (χ0n) is 16.7. The lowest BCUT2D eigenvalue weighted by molar-refractivity contribution is 0.410. The number of fused-ring (bicyclic) bond motifs is 5. The molecule has 0 N–H and O–H groups in total. The number of rotatable bonds is 2. The molecular formula is C25H23NOS. The maximum Gasteiger partial charge on any atom is 0.144 e. The van der Waals surface area contributed by atoms with Gasteiger partial charge in [-0.1, -0.05) is 32.9 Å². The number of furan rings is 1. The Morgan fingerprint density at radius 2 is 1.89 bits per heavy atom. The first-order chi connectivity index (χ1) is 13.4. The average Bonchev–Trinajstić information content (AvgIpc) is 3.25. The summed E-state index contributed by atoms with van der Waals surface area (Å²) in [5.74, 6) is 0. The Morgan fingerprint density at radius 3 is 2.71 bits per heavy atom. The standard InChI is InChI=1S/C25H23NOS/c1-15-14-26-20(12-16(15)13-25(2,3)4)17-6-5-7-19-23-18-10-11-28-22(18)9-8-21(23)27-24(17)19/h5-12,14H,13H2,1-4H3. The van der Waals surface area contributed by atoms with Crippen LogP contribution < -0.4 is 0 Å². The third kappa shape index (κ3) is 2.82. The molecule has 0 aliphatic rings. The Bertz CT molecular complexity index is 1330. The molecular weight excluding hydrogens is 362 g/mol. The summed E-state index contributed by atoms with van der Waals surface area (Å²) in [6.07, 6.45) is 3.02. The molecule has 0 unspecified atom stereocenters. The molecule has 0 fully saturated rings. The van der Waals surface area contributed by atoms with Crippen molar-refractivity contribution in [3.63, 3.8) is 0 Å². The molecule has 5 rings (SSSR count). The number of hydrogen-bond donors (Lipinski definition) is 0. The lowest BCUT2D eigenvalue weighted by atomic mass is 9.86. The third-order valence-corrected chi connectivity index (χ3v) is 6.19. The van der Waals surface area contributed by atoms with E-state index in [9.17, 15) is 0 Å². The zero-order valence-corrected chi connectivity index (χ0v) is 17.5. The first-order valence-electron chi connectivity index (χ1n) is 9.68. The molecule has 0 saturated heterocycles. The minimum atomic E-state index is 0.235. The highest BCUT2D eigenvalue weighted by Gasteiger charge is 2.18. The number of aromatic nitrogens is 1. The number of aryl methyl sites for hydroxylation is 1. The second kappa shape index (κ2) is 6.18. The zero-order chi connectivity index (χ0) is 19.5. The van der Waals surface area contributed by atoms with Crippen molar-refractivity contribution in [1.29, 1.82) is 0 Å². The first-order valence-corrected chi connectivity index (χ1v) is 10.6. The van der Waals surface area contributed by atoms with Gasteiger partial charge in [0.25, 0.3) is 0 Å². The summed E-state index contributed by atoms with van der Waals surface area (Å²) < 4.78 is 7.64. The van der Waals surface area contributed by atoms with Crippen molar-refractivity contribution in [2.75, 3.05) is 0 Å². The highest BCUT2D eigenvalue weighted by atomic mass is 32.1. The number of pyridine rings is 1. The number of thiophene rings is 1. The van der Waals surface area contributed by atoms with E-state index in [1.807, 2.05) is 6.20 Å². The Labute approximate surface area is 168 Å². The molecule has 0 radical (unpaired) electrons. The minimum Gasteiger partial charge on any atom is -0.455 e. The molecule has 0 atom stereocenters. The van der Waals surface area contributed by atoms with Crippen LogP contribution in [0.2, 0.25) is 0 Å². The molecule has 0 aliphatic carbocycles. The summed E-state index contributed by atoms with van der Waals surface area (Å²) in [6.45, 7) is 8.97. The van der Waals surface area contributed by atoms with E-state index >= 15 is 0 Å². The van der Waals surface area contributed by atoms with Crippen LogP contribution in [0.4, 0.5) is 0 Å². The van der Waals surface area contributed by atoms with Crippen molar-refractivity contribution >= 4 is 43.4 Å². The van der Waals surface area contributed by atoms with Gasteiger partial charge in [0.1, 0.15) is 11.2 Å². The summed E-state index contributed by atoms with van der Waals surface area (Å²) in [7, 11) is 0. The van der Waals surface area contributed by atoms with Gasteiger partial charge in [-0.15, -0.1) is 11.3 Å². The van der Waals surface area contributed by atoms with Crippen LogP contribution in [-0.2, 0) is 6.42 Å². The fourth-order valence-electron chi connectivity index (χ4n) is 4.02. The van der Waals surface area contributed by atoms with Crippen LogP contribution >= 0.6 is 11.3 Å². The second-order valence-electron chi connectivity index (χ2n) is 8.79. The van der Waals surface area contributed by atoms with Crippen LogP contribution in [0.15, 0.2) is 58.5 Å². The van der Waals surface area contributed by atoms with Gasteiger partial charge < -0.3 is 4.42 Å². The molecule has 0 bridgehead atoms. The molecule has 3 heterocycles. The van der Waals surface area contributed by atoms with E-state index in [1.165, 1.54) is 26.6 Å². The van der Waals surface area contributed by atoms with Gasteiger partial charge in [0, 0.05) is 32.6 Å². The monoisotopic (exact) mass is 385 g/mol. The number of hydrogen-bond acceptors (Lipinski definition) is 3. The van der Waals surface area contributed by atoms with Crippen molar-refractivity contribution in [3.05, 3.63) is 65.2 Å². The van der Waals surface area contributed by atoms with Crippen molar-refractivity contribution in [1.82, 2.24) is 4.98 Å². The fraction of sp³-hybridized carbons (Fsp3) is 0.240. The molecule has 0 aliphatic heterocycles. The SMILES string of the molecule is Cc1cnc(-c2cccc3c2oc2ccc4sccc4c23)cc1CC(C)(C)C. The summed E-state index contributed by atoms with van der Waals surface area (Å²) in [4.78, 5) is 4.75. The van der Waals surface area contributed by atoms with E-state index in [1.54, 1.807) is 11.3 Å². The molecule has 140 valence electrons. The highest BCUT2D eigenvalue weighted by Crippen LogP contribution is 2.40. The Balaban J connectivity index is 1.76. The van der Waals surface area contributed by atoms with Crippen LogP contribution in [0, 0.1) is 12.3 Å². The summed E-state index contributed by atoms with van der Waals surface area (Å²) in [5.41, 5.74) is 6.74. The number of nitrogens with zero attached hydrogens (tertiary/aromatic N) is 1. The Kier molecular flexibility index (Phi) is 3.85. The predicted molar refractivity (Wildman–Crippen MR) is 120 cm³/mol. The van der Waals surface area contributed by atoms with Gasteiger partial charge in [-0.2, -0.15) is 0 Å². The van der Waals surface area contributed by atoms with Gasteiger partial charge in [-0.25, -0.2) is 0 Å². The van der Waals surface area contributed by atoms with E-state index in [0.717, 1.165) is 34.2 Å². The van der Waals surface area contributed by atoms with Crippen molar-refractivity contribution in [2.24, 2.45) is 5.41 Å². The van der Waals surface area contributed by atoms with Crippen molar-refractivity contribution in [3.8, 4) is 11.3 Å². The fourth-order valence-corrected chi connectivity index (χ4v) is 4.81. The van der Waals surface area contributed by atoms with E-state index in [2.05, 4.69) is 75.5 Å². The van der Waals surface area contributed by atoms with Crippen LogP contribution in [-0.4, -0.2) is 4.98 Å². The van der Waals surface area contributed by atoms with E-state index < -0.39 is 0 Å². The van der Waals surface area contributed by atoms with E-state index in [4.69, 9.17) is 9.40 Å². The molecule has 2 nitrogen and oxygen atoms in total. The number of benzene rings is 2. The van der Waals surface area contributed by atoms with Gasteiger partial charge in [0.2, 0.25) is 0 Å². The van der Waals surface area contributed by atoms with Gasteiger partial charge in [-0.05, 0) is 65.6 Å². The van der Waals surface area contributed by atoms with Crippen LogP contribution in [0.3, 0.4) is 0 Å². The molecule has 3 aromatic heterocycles. The first kappa shape index (κ1) is 17.4. The quantitative estimate of drug-likeness (QED) is 0.310. The van der Waals surface area contributed by atoms with Gasteiger partial charge in [-0.3, -0.25) is 4.98 Å². The van der Waals surface area contributed by atoms with E-state index in [-0.39, 0.29) is 5.41 Å². The largest absolute Gasteiger partial charge is 0.455 e. The minimum absolute atomic E-state index is 0.235. The molecule has 28 heavy (non-hydrogen) atoms. The average molecular weight is 386 g/mol. The predicted octanol–water partition coefficient (Wildman–Crippen LogP) is 7.76. The van der Waals surface area contributed by atoms with Crippen molar-refractivity contribution < 1.29 is 4.42 Å². The molecule has 0 amide bonds. The van der Waals surface area contributed by atoms with Gasteiger partial charge in [0.15, 0.2) is 0 Å². The lowest BCUT2D eigenvalue weighted by Gasteiger charge is -2.20. The van der Waals surface area contributed by atoms with Gasteiger partial charge >= 0.3 is 0 Å². The smallest absolute Gasteiger partial charge is 0.144 e. The highest BCUT2D eigenvalue weighted by molar-refractivity contribution is 7.17. The Hall–Kier alpha value is -2.65. The summed E-state index contributed by atoms with van der Waals surface area (Å²) >= 11 is 1.77. The lowest BCUT2D eigenvalue weighted by Crippen LogP contribution is -2.10. The van der Waals surface area contributed by atoms with Crippen LogP contribution in [0.5, 0.6) is 0 Å². The molecule has 0 saturated carbocycles. The van der Waals surface area contributed by atoms with Crippen LogP contribution in [0.1, 0.15) is 31.9 Å². The molecule has 5 aromatic rings. The summed E-state index contributed by atoms with van der Waals surface area (Å²) in [5, 5.41) is 5.78. The Morgan fingerprint density at radius 1 is 1.04 bits per heavy atom. The normalized spacial score (nSPS) is 12.4. The van der Waals surface area contributed by atoms with Crippen molar-refractivity contribution in [2.45, 2.75) is 34.1 Å². The summed E-state index contributed by atoms with van der Waals surface area (Å²) in [6, 6.07) is 15.1. The molecule has 3 heteroatoms. The van der Waals surface area contributed by atoms with Gasteiger partial charge in [0.05, 0.1) is 5.69 Å².